The maximum Gasteiger partial charge on any atom is 0.315 e. The third kappa shape index (κ3) is 4.74. The topological polar surface area (TPSA) is 87.4 Å². The summed E-state index contributed by atoms with van der Waals surface area (Å²) in [6.45, 7) is 8.44. The lowest BCUT2D eigenvalue weighted by atomic mass is 9.98. The van der Waals surface area contributed by atoms with E-state index in [-0.39, 0.29) is 12.6 Å². The number of carbonyl (C=O) groups is 1. The number of nitrogens with one attached hydrogen (secondary N) is 2. The van der Waals surface area contributed by atoms with E-state index in [0.717, 1.165) is 29.9 Å². The van der Waals surface area contributed by atoms with Crippen LogP contribution < -0.4 is 10.6 Å². The highest BCUT2D eigenvalue weighted by atomic mass is 16.5. The lowest BCUT2D eigenvalue weighted by Gasteiger charge is -2.25. The van der Waals surface area contributed by atoms with E-state index < -0.39 is 5.60 Å². The molecule has 0 aliphatic heterocycles. The van der Waals surface area contributed by atoms with Crippen LogP contribution in [0, 0.1) is 0 Å². The first-order valence-corrected chi connectivity index (χ1v) is 7.69. The average molecular weight is 297 g/mol. The molecule has 0 saturated carbocycles. The van der Waals surface area contributed by atoms with Gasteiger partial charge in [0.1, 0.15) is 5.76 Å². The minimum Gasteiger partial charge on any atom is -0.388 e. The molecule has 6 heteroatoms. The number of urea groups is 1. The first-order valence-electron chi connectivity index (χ1n) is 7.69. The monoisotopic (exact) mass is 297 g/mol. The molecule has 1 heterocycles. The standard InChI is InChI=1S/C15H27N3O3/c1-5-12-11(13(6-2)21-18-12)9-16-14(19)17-10-15(20,7-3)8-4/h20H,5-10H2,1-4H3,(H2,16,17,19). The van der Waals surface area contributed by atoms with Gasteiger partial charge < -0.3 is 20.3 Å². The van der Waals surface area contributed by atoms with Crippen LogP contribution in [-0.2, 0) is 19.4 Å². The maximum absolute atomic E-state index is 11.8. The van der Waals surface area contributed by atoms with E-state index in [1.807, 2.05) is 27.7 Å². The van der Waals surface area contributed by atoms with Crippen molar-refractivity contribution >= 4 is 6.03 Å². The van der Waals surface area contributed by atoms with Crippen LogP contribution in [0.1, 0.15) is 57.6 Å². The number of amides is 2. The predicted octanol–water partition coefficient (Wildman–Crippen LogP) is 2.15. The van der Waals surface area contributed by atoms with Crippen molar-refractivity contribution in [2.45, 2.75) is 65.5 Å². The van der Waals surface area contributed by atoms with Crippen LogP contribution in [0.5, 0.6) is 0 Å². The Morgan fingerprint density at radius 2 is 1.86 bits per heavy atom. The van der Waals surface area contributed by atoms with Gasteiger partial charge in [-0.1, -0.05) is 32.9 Å². The molecular weight excluding hydrogens is 270 g/mol. The number of aryl methyl sites for hydroxylation is 2. The quantitative estimate of drug-likeness (QED) is 0.686. The van der Waals surface area contributed by atoms with Gasteiger partial charge in [-0.3, -0.25) is 0 Å². The molecule has 0 atom stereocenters. The summed E-state index contributed by atoms with van der Waals surface area (Å²) in [6.07, 6.45) is 2.73. The Morgan fingerprint density at radius 3 is 2.38 bits per heavy atom. The molecule has 2 amide bonds. The Kier molecular flexibility index (Phi) is 6.68. The van der Waals surface area contributed by atoms with Crippen LogP contribution in [0.2, 0.25) is 0 Å². The minimum absolute atomic E-state index is 0.247. The summed E-state index contributed by atoms with van der Waals surface area (Å²) in [4.78, 5) is 11.8. The molecule has 0 fully saturated rings. The first kappa shape index (κ1) is 17.5. The molecule has 1 rings (SSSR count). The van der Waals surface area contributed by atoms with Crippen LogP contribution in [0.15, 0.2) is 4.52 Å². The van der Waals surface area contributed by atoms with Crippen molar-refractivity contribution in [3.8, 4) is 0 Å². The van der Waals surface area contributed by atoms with E-state index in [2.05, 4.69) is 15.8 Å². The predicted molar refractivity (Wildman–Crippen MR) is 81.0 cm³/mol. The van der Waals surface area contributed by atoms with Gasteiger partial charge in [-0.05, 0) is 19.3 Å². The Hall–Kier alpha value is -1.56. The lowest BCUT2D eigenvalue weighted by molar-refractivity contribution is 0.0349. The average Bonchev–Trinajstić information content (AvgIpc) is 2.92. The Bertz CT molecular complexity index is 432. The molecule has 6 nitrogen and oxygen atoms in total. The third-order valence-electron chi connectivity index (χ3n) is 3.93. The summed E-state index contributed by atoms with van der Waals surface area (Å²) in [6, 6.07) is -0.291. The molecule has 0 aliphatic carbocycles. The number of nitrogens with zero attached hydrogens (tertiary/aromatic N) is 1. The van der Waals surface area contributed by atoms with Crippen LogP contribution in [-0.4, -0.2) is 28.4 Å². The Morgan fingerprint density at radius 1 is 1.19 bits per heavy atom. The van der Waals surface area contributed by atoms with Crippen molar-refractivity contribution in [2.24, 2.45) is 0 Å². The first-order chi connectivity index (χ1) is 9.99. The molecule has 3 N–H and O–H groups in total. The van der Waals surface area contributed by atoms with Crippen molar-refractivity contribution in [3.63, 3.8) is 0 Å². The van der Waals surface area contributed by atoms with Crippen LogP contribution in [0.3, 0.4) is 0 Å². The fraction of sp³-hybridized carbons (Fsp3) is 0.733. The molecular formula is C15H27N3O3. The molecule has 120 valence electrons. The highest BCUT2D eigenvalue weighted by Crippen LogP contribution is 2.15. The van der Waals surface area contributed by atoms with Crippen LogP contribution >= 0.6 is 0 Å². The molecule has 0 radical (unpaired) electrons. The zero-order chi connectivity index (χ0) is 15.9. The van der Waals surface area contributed by atoms with Gasteiger partial charge in [0.05, 0.1) is 11.3 Å². The number of aromatic nitrogens is 1. The normalized spacial score (nSPS) is 11.5. The van der Waals surface area contributed by atoms with Gasteiger partial charge >= 0.3 is 6.03 Å². The minimum atomic E-state index is -0.836. The Balaban J connectivity index is 2.52. The fourth-order valence-corrected chi connectivity index (χ4v) is 2.11. The summed E-state index contributed by atoms with van der Waals surface area (Å²) < 4.78 is 5.26. The summed E-state index contributed by atoms with van der Waals surface area (Å²) in [5, 5.41) is 19.6. The van der Waals surface area contributed by atoms with Crippen molar-refractivity contribution < 1.29 is 14.4 Å². The number of rotatable bonds is 8. The second-order valence-corrected chi connectivity index (χ2v) is 5.21. The Labute approximate surface area is 126 Å². The molecule has 0 bridgehead atoms. The summed E-state index contributed by atoms with van der Waals surface area (Å²) >= 11 is 0. The van der Waals surface area contributed by atoms with E-state index in [1.54, 1.807) is 0 Å². The van der Waals surface area contributed by atoms with E-state index in [9.17, 15) is 9.90 Å². The second-order valence-electron chi connectivity index (χ2n) is 5.21. The van der Waals surface area contributed by atoms with Crippen LogP contribution in [0.4, 0.5) is 4.79 Å². The molecule has 0 unspecified atom stereocenters. The van der Waals surface area contributed by atoms with Gasteiger partial charge in [0, 0.05) is 25.1 Å². The highest BCUT2D eigenvalue weighted by Gasteiger charge is 2.22. The molecule has 21 heavy (non-hydrogen) atoms. The largest absolute Gasteiger partial charge is 0.388 e. The van der Waals surface area contributed by atoms with Gasteiger partial charge in [-0.25, -0.2) is 4.79 Å². The number of hydrogen-bond donors (Lipinski definition) is 3. The maximum atomic E-state index is 11.8. The van der Waals surface area contributed by atoms with Gasteiger partial charge in [0.15, 0.2) is 0 Å². The number of carbonyl (C=O) groups excluding carboxylic acids is 1. The lowest BCUT2D eigenvalue weighted by Crippen LogP contribution is -2.45. The smallest absolute Gasteiger partial charge is 0.315 e. The zero-order valence-corrected chi connectivity index (χ0v) is 13.5. The van der Waals surface area contributed by atoms with Crippen LogP contribution in [0.25, 0.3) is 0 Å². The number of aliphatic hydroxyl groups is 1. The SMILES string of the molecule is CCc1noc(CC)c1CNC(=O)NCC(O)(CC)CC. The summed E-state index contributed by atoms with van der Waals surface area (Å²) in [5.41, 5.74) is 1.000. The molecule has 0 spiro atoms. The van der Waals surface area contributed by atoms with E-state index in [0.29, 0.717) is 19.4 Å². The fourth-order valence-electron chi connectivity index (χ4n) is 2.11. The second kappa shape index (κ2) is 8.02. The van der Waals surface area contributed by atoms with Crippen molar-refractivity contribution in [1.29, 1.82) is 0 Å². The molecule has 0 aromatic carbocycles. The molecule has 1 aromatic heterocycles. The van der Waals surface area contributed by atoms with E-state index in [1.165, 1.54) is 0 Å². The summed E-state index contributed by atoms with van der Waals surface area (Å²) in [7, 11) is 0. The van der Waals surface area contributed by atoms with E-state index >= 15 is 0 Å². The molecule has 1 aromatic rings. The molecule has 0 aliphatic rings. The zero-order valence-electron chi connectivity index (χ0n) is 13.5. The highest BCUT2D eigenvalue weighted by molar-refractivity contribution is 5.73. The summed E-state index contributed by atoms with van der Waals surface area (Å²) in [5.74, 6) is 0.811. The van der Waals surface area contributed by atoms with Crippen molar-refractivity contribution in [2.75, 3.05) is 6.54 Å². The molecule has 0 saturated heterocycles. The third-order valence-corrected chi connectivity index (χ3v) is 3.93. The van der Waals surface area contributed by atoms with Gasteiger partial charge in [0.2, 0.25) is 0 Å². The number of hydrogen-bond acceptors (Lipinski definition) is 4. The van der Waals surface area contributed by atoms with Gasteiger partial charge in [-0.15, -0.1) is 0 Å². The van der Waals surface area contributed by atoms with Crippen molar-refractivity contribution in [3.05, 3.63) is 17.0 Å². The van der Waals surface area contributed by atoms with Crippen molar-refractivity contribution in [1.82, 2.24) is 15.8 Å². The van der Waals surface area contributed by atoms with E-state index in [4.69, 9.17) is 4.52 Å². The van der Waals surface area contributed by atoms with Gasteiger partial charge in [-0.2, -0.15) is 0 Å². The van der Waals surface area contributed by atoms with Gasteiger partial charge in [0.25, 0.3) is 0 Å².